The van der Waals surface area contributed by atoms with Gasteiger partial charge in [-0.1, -0.05) is 30.7 Å². The Morgan fingerprint density at radius 2 is 2.04 bits per heavy atom. The fourth-order valence-corrected chi connectivity index (χ4v) is 3.79. The molecule has 3 atom stereocenters. The minimum absolute atomic E-state index is 0. The minimum Gasteiger partial charge on any atom is -0.342 e. The summed E-state index contributed by atoms with van der Waals surface area (Å²) in [6.45, 7) is 5.27. The van der Waals surface area contributed by atoms with Gasteiger partial charge in [0, 0.05) is 54.5 Å². The molecule has 1 saturated heterocycles. The highest BCUT2D eigenvalue weighted by atomic mass is 35.5. The number of rotatable bonds is 5. The van der Waals surface area contributed by atoms with Gasteiger partial charge in [-0.25, -0.2) is 0 Å². The van der Waals surface area contributed by atoms with Crippen LogP contribution in [0, 0.1) is 0 Å². The monoisotopic (exact) mass is 376 g/mol. The van der Waals surface area contributed by atoms with Crippen LogP contribution in [-0.2, 0) is 4.79 Å². The third-order valence-electron chi connectivity index (χ3n) is 4.54. The molecule has 0 bridgehead atoms. The maximum absolute atomic E-state index is 12.5. The molecule has 1 aromatic carbocycles. The van der Waals surface area contributed by atoms with Crippen LogP contribution >= 0.6 is 35.8 Å². The summed E-state index contributed by atoms with van der Waals surface area (Å²) in [5.41, 5.74) is 1.21. The third-order valence-corrected chi connectivity index (χ3v) is 5.93. The Morgan fingerprint density at radius 1 is 1.39 bits per heavy atom. The first-order valence-corrected chi connectivity index (χ1v) is 9.34. The van der Waals surface area contributed by atoms with Crippen molar-refractivity contribution in [3.8, 4) is 0 Å². The summed E-state index contributed by atoms with van der Waals surface area (Å²) in [5.74, 6) is 2.67. The second-order valence-corrected chi connectivity index (χ2v) is 7.60. The summed E-state index contributed by atoms with van der Waals surface area (Å²) in [4.78, 5) is 14.4. The number of thioether (sulfide) groups is 1. The van der Waals surface area contributed by atoms with Gasteiger partial charge in [0.2, 0.25) is 5.91 Å². The number of benzene rings is 1. The predicted molar refractivity (Wildman–Crippen MR) is 103 cm³/mol. The van der Waals surface area contributed by atoms with Gasteiger partial charge in [0.1, 0.15) is 0 Å². The van der Waals surface area contributed by atoms with Gasteiger partial charge < -0.3 is 10.2 Å². The lowest BCUT2D eigenvalue weighted by atomic mass is 9.93. The highest BCUT2D eigenvalue weighted by Crippen LogP contribution is 2.24. The van der Waals surface area contributed by atoms with Crippen LogP contribution in [0.4, 0.5) is 0 Å². The quantitative estimate of drug-likeness (QED) is 0.847. The lowest BCUT2D eigenvalue weighted by Gasteiger charge is -2.32. The van der Waals surface area contributed by atoms with Gasteiger partial charge in [-0.15, -0.1) is 12.4 Å². The van der Waals surface area contributed by atoms with Crippen LogP contribution in [0.2, 0.25) is 5.02 Å². The number of carbonyl (C=O) groups excluding carboxylic acids is 1. The van der Waals surface area contributed by atoms with Gasteiger partial charge in [0.15, 0.2) is 0 Å². The van der Waals surface area contributed by atoms with E-state index in [1.165, 1.54) is 5.56 Å². The number of amides is 1. The Kier molecular flexibility index (Phi) is 8.76. The first-order chi connectivity index (χ1) is 10.5. The zero-order valence-corrected chi connectivity index (χ0v) is 16.3. The molecule has 0 saturated carbocycles. The average Bonchev–Trinajstić information content (AvgIpc) is 2.54. The van der Waals surface area contributed by atoms with Gasteiger partial charge in [-0.2, -0.15) is 11.8 Å². The van der Waals surface area contributed by atoms with Crippen molar-refractivity contribution in [2.75, 3.05) is 25.1 Å². The Labute approximate surface area is 154 Å². The second kappa shape index (κ2) is 9.77. The topological polar surface area (TPSA) is 32.3 Å². The molecule has 1 aliphatic heterocycles. The molecule has 0 spiro atoms. The third kappa shape index (κ3) is 5.86. The van der Waals surface area contributed by atoms with E-state index in [0.717, 1.165) is 23.1 Å². The first kappa shape index (κ1) is 20.6. The largest absolute Gasteiger partial charge is 0.342 e. The van der Waals surface area contributed by atoms with Gasteiger partial charge in [-0.05, 0) is 24.6 Å². The predicted octanol–water partition coefficient (Wildman–Crippen LogP) is 3.81. The van der Waals surface area contributed by atoms with E-state index in [9.17, 15) is 4.79 Å². The molecular weight excluding hydrogens is 351 g/mol. The van der Waals surface area contributed by atoms with E-state index in [1.807, 2.05) is 48.0 Å². The van der Waals surface area contributed by atoms with Crippen molar-refractivity contribution in [1.29, 1.82) is 0 Å². The molecule has 1 aliphatic rings. The average molecular weight is 377 g/mol. The molecule has 1 aromatic rings. The molecule has 2 rings (SSSR count). The number of hydrogen-bond donors (Lipinski definition) is 1. The summed E-state index contributed by atoms with van der Waals surface area (Å²) >= 11 is 7.87. The van der Waals surface area contributed by atoms with Crippen molar-refractivity contribution in [1.82, 2.24) is 10.2 Å². The van der Waals surface area contributed by atoms with Crippen molar-refractivity contribution < 1.29 is 4.79 Å². The Balaban J connectivity index is 0.00000264. The summed E-state index contributed by atoms with van der Waals surface area (Å²) in [7, 11) is 1.91. The fraction of sp³-hybridized carbons (Fsp3) is 0.588. The molecule has 1 heterocycles. The van der Waals surface area contributed by atoms with Crippen molar-refractivity contribution in [2.24, 2.45) is 0 Å². The molecule has 1 fully saturated rings. The van der Waals surface area contributed by atoms with Gasteiger partial charge in [-0.3, -0.25) is 4.79 Å². The SMILES string of the molecule is CC(c1ccc(Cl)cc1)C(C)N(C)C(=O)CC1CSCCN1.Cl. The summed E-state index contributed by atoms with van der Waals surface area (Å²) in [5, 5.41) is 4.17. The number of halogens is 2. The van der Waals surface area contributed by atoms with E-state index >= 15 is 0 Å². The van der Waals surface area contributed by atoms with Crippen molar-refractivity contribution >= 4 is 41.7 Å². The molecule has 130 valence electrons. The fourth-order valence-electron chi connectivity index (χ4n) is 2.71. The second-order valence-electron chi connectivity index (χ2n) is 6.02. The standard InChI is InChI=1S/C17H25ClN2OS.ClH/c1-12(14-4-6-15(18)7-5-14)13(2)20(3)17(21)10-16-11-22-9-8-19-16;/h4-7,12-13,16,19H,8-11H2,1-3H3;1H. The molecule has 1 N–H and O–H groups in total. The van der Waals surface area contributed by atoms with Crippen LogP contribution in [0.25, 0.3) is 0 Å². The zero-order chi connectivity index (χ0) is 16.1. The summed E-state index contributed by atoms with van der Waals surface area (Å²) in [6.07, 6.45) is 0.585. The molecule has 0 radical (unpaired) electrons. The molecule has 3 unspecified atom stereocenters. The number of hydrogen-bond acceptors (Lipinski definition) is 3. The molecule has 0 aromatic heterocycles. The van der Waals surface area contributed by atoms with Crippen LogP contribution in [-0.4, -0.2) is 48.0 Å². The van der Waals surface area contributed by atoms with Crippen molar-refractivity contribution in [2.45, 2.75) is 38.3 Å². The molecule has 23 heavy (non-hydrogen) atoms. The Morgan fingerprint density at radius 3 is 2.61 bits per heavy atom. The van der Waals surface area contributed by atoms with E-state index in [0.29, 0.717) is 12.5 Å². The number of nitrogens with zero attached hydrogens (tertiary/aromatic N) is 1. The Hall–Kier alpha value is -0.420. The molecule has 0 aliphatic carbocycles. The van der Waals surface area contributed by atoms with Crippen LogP contribution in [0.5, 0.6) is 0 Å². The lowest BCUT2D eigenvalue weighted by Crippen LogP contribution is -2.44. The summed E-state index contributed by atoms with van der Waals surface area (Å²) < 4.78 is 0. The van der Waals surface area contributed by atoms with E-state index < -0.39 is 0 Å². The zero-order valence-electron chi connectivity index (χ0n) is 13.9. The summed E-state index contributed by atoms with van der Waals surface area (Å²) in [6, 6.07) is 8.37. The maximum atomic E-state index is 12.5. The van der Waals surface area contributed by atoms with Gasteiger partial charge >= 0.3 is 0 Å². The highest BCUT2D eigenvalue weighted by molar-refractivity contribution is 7.99. The molecule has 6 heteroatoms. The number of nitrogens with one attached hydrogen (secondary N) is 1. The van der Waals surface area contributed by atoms with Crippen molar-refractivity contribution in [3.05, 3.63) is 34.9 Å². The van der Waals surface area contributed by atoms with Crippen LogP contribution in [0.15, 0.2) is 24.3 Å². The number of carbonyl (C=O) groups is 1. The van der Waals surface area contributed by atoms with Crippen LogP contribution in [0.1, 0.15) is 31.7 Å². The van der Waals surface area contributed by atoms with E-state index in [-0.39, 0.29) is 30.3 Å². The molecular formula is C17H26Cl2N2OS. The van der Waals surface area contributed by atoms with E-state index in [4.69, 9.17) is 11.6 Å². The van der Waals surface area contributed by atoms with Crippen molar-refractivity contribution in [3.63, 3.8) is 0 Å². The van der Waals surface area contributed by atoms with E-state index in [2.05, 4.69) is 19.2 Å². The highest BCUT2D eigenvalue weighted by Gasteiger charge is 2.25. The lowest BCUT2D eigenvalue weighted by molar-refractivity contribution is -0.132. The minimum atomic E-state index is 0. The number of likely N-dealkylation sites (N-methyl/N-ethyl adjacent to an activating group) is 1. The van der Waals surface area contributed by atoms with E-state index in [1.54, 1.807) is 0 Å². The van der Waals surface area contributed by atoms with Crippen LogP contribution < -0.4 is 5.32 Å². The smallest absolute Gasteiger partial charge is 0.224 e. The maximum Gasteiger partial charge on any atom is 0.224 e. The van der Waals surface area contributed by atoms with Gasteiger partial charge in [0.05, 0.1) is 0 Å². The first-order valence-electron chi connectivity index (χ1n) is 7.81. The molecule has 3 nitrogen and oxygen atoms in total. The molecule has 1 amide bonds. The Bertz CT molecular complexity index is 492. The van der Waals surface area contributed by atoms with Gasteiger partial charge in [0.25, 0.3) is 0 Å². The normalized spacial score (nSPS) is 20.3. The van der Waals surface area contributed by atoms with Crippen LogP contribution in [0.3, 0.4) is 0 Å².